The molecule has 1 aliphatic carbocycles. The van der Waals surface area contributed by atoms with Gasteiger partial charge in [0.1, 0.15) is 5.82 Å². The lowest BCUT2D eigenvalue weighted by atomic mass is 9.84. The summed E-state index contributed by atoms with van der Waals surface area (Å²) in [7, 11) is 0. The topological polar surface area (TPSA) is 63.2 Å². The van der Waals surface area contributed by atoms with Crippen molar-refractivity contribution >= 4 is 34.8 Å². The second kappa shape index (κ2) is 6.45. The molecule has 6 heteroatoms. The van der Waals surface area contributed by atoms with Gasteiger partial charge >= 0.3 is 0 Å². The highest BCUT2D eigenvalue weighted by Crippen LogP contribution is 2.29. The molecule has 0 fully saturated rings. The monoisotopic (exact) mass is 379 g/mol. The molecule has 27 heavy (non-hydrogen) atoms. The lowest BCUT2D eigenvalue weighted by Gasteiger charge is -2.18. The standard InChI is InChI=1S/C21H11ClFNO3/c22-16-6-3-7-17(23)18(16)21(27)24-11-8-9-14-15(10-11)20(26)13-5-2-1-4-12(13)19(14)25/h1-10H,(H,24,27). The molecule has 0 atom stereocenters. The van der Waals surface area contributed by atoms with Crippen molar-refractivity contribution in [3.8, 4) is 0 Å². The Kier molecular flexibility index (Phi) is 4.09. The van der Waals surface area contributed by atoms with Gasteiger partial charge in [-0.3, -0.25) is 14.4 Å². The third kappa shape index (κ3) is 2.82. The fraction of sp³-hybridized carbons (Fsp3) is 0. The SMILES string of the molecule is O=C1c2ccccc2C(=O)c2cc(NC(=O)c3c(F)cccc3Cl)ccc21. The van der Waals surface area contributed by atoms with Crippen LogP contribution in [0, 0.1) is 5.82 Å². The van der Waals surface area contributed by atoms with Crippen molar-refractivity contribution in [1.82, 2.24) is 0 Å². The molecule has 0 radical (unpaired) electrons. The van der Waals surface area contributed by atoms with E-state index in [0.717, 1.165) is 6.07 Å². The Bertz CT molecular complexity index is 1120. The van der Waals surface area contributed by atoms with Crippen molar-refractivity contribution in [2.24, 2.45) is 0 Å². The second-order valence-corrected chi connectivity index (χ2v) is 6.42. The summed E-state index contributed by atoms with van der Waals surface area (Å²) in [6.45, 7) is 0. The molecular formula is C21H11ClFNO3. The van der Waals surface area contributed by atoms with Crippen molar-refractivity contribution in [2.75, 3.05) is 5.32 Å². The summed E-state index contributed by atoms with van der Waals surface area (Å²) in [5.41, 5.74) is 1.10. The van der Waals surface area contributed by atoms with Crippen LogP contribution in [0.5, 0.6) is 0 Å². The lowest BCUT2D eigenvalue weighted by molar-refractivity contribution is 0.0979. The first-order valence-corrected chi connectivity index (χ1v) is 8.43. The van der Waals surface area contributed by atoms with E-state index in [-0.39, 0.29) is 39.0 Å². The summed E-state index contributed by atoms with van der Waals surface area (Å²) in [5.74, 6) is -2.05. The van der Waals surface area contributed by atoms with Gasteiger partial charge in [0.15, 0.2) is 11.6 Å². The van der Waals surface area contributed by atoms with Crippen LogP contribution in [0.3, 0.4) is 0 Å². The zero-order valence-corrected chi connectivity index (χ0v) is 14.5. The zero-order chi connectivity index (χ0) is 19.1. The third-order valence-electron chi connectivity index (χ3n) is 4.37. The average molecular weight is 380 g/mol. The maximum absolute atomic E-state index is 13.9. The van der Waals surface area contributed by atoms with Gasteiger partial charge in [-0.05, 0) is 30.3 Å². The summed E-state index contributed by atoms with van der Waals surface area (Å²) >= 11 is 5.90. The predicted molar refractivity (Wildman–Crippen MR) is 99.1 cm³/mol. The van der Waals surface area contributed by atoms with Crippen molar-refractivity contribution in [2.45, 2.75) is 0 Å². The fourth-order valence-electron chi connectivity index (χ4n) is 3.09. The average Bonchev–Trinajstić information content (AvgIpc) is 2.66. The molecule has 0 bridgehead atoms. The first kappa shape index (κ1) is 17.1. The minimum Gasteiger partial charge on any atom is -0.322 e. The Morgan fingerprint density at radius 1 is 0.815 bits per heavy atom. The molecule has 132 valence electrons. The summed E-state index contributed by atoms with van der Waals surface area (Å²) in [6, 6.07) is 14.9. The van der Waals surface area contributed by atoms with E-state index in [4.69, 9.17) is 11.6 Å². The fourth-order valence-corrected chi connectivity index (χ4v) is 3.33. The molecule has 0 saturated carbocycles. The van der Waals surface area contributed by atoms with Crippen molar-refractivity contribution in [1.29, 1.82) is 0 Å². The van der Waals surface area contributed by atoms with E-state index in [2.05, 4.69) is 5.32 Å². The molecule has 1 amide bonds. The first-order valence-electron chi connectivity index (χ1n) is 8.05. The van der Waals surface area contributed by atoms with Gasteiger partial charge in [0.25, 0.3) is 5.91 Å². The van der Waals surface area contributed by atoms with Gasteiger partial charge in [0.05, 0.1) is 10.6 Å². The maximum atomic E-state index is 13.9. The van der Waals surface area contributed by atoms with Crippen molar-refractivity contribution in [3.05, 3.63) is 99.3 Å². The van der Waals surface area contributed by atoms with Gasteiger partial charge in [-0.2, -0.15) is 0 Å². The van der Waals surface area contributed by atoms with Crippen LogP contribution >= 0.6 is 11.6 Å². The van der Waals surface area contributed by atoms with Gasteiger partial charge in [-0.1, -0.05) is 41.9 Å². The summed E-state index contributed by atoms with van der Waals surface area (Å²) < 4.78 is 13.9. The molecule has 0 unspecified atom stereocenters. The summed E-state index contributed by atoms with van der Waals surface area (Å²) in [4.78, 5) is 37.7. The minimum absolute atomic E-state index is 0.0226. The van der Waals surface area contributed by atoms with Crippen molar-refractivity contribution in [3.63, 3.8) is 0 Å². The Morgan fingerprint density at radius 2 is 1.44 bits per heavy atom. The van der Waals surface area contributed by atoms with E-state index in [0.29, 0.717) is 11.1 Å². The van der Waals surface area contributed by atoms with Gasteiger partial charge in [0, 0.05) is 27.9 Å². The van der Waals surface area contributed by atoms with Gasteiger partial charge < -0.3 is 5.32 Å². The molecule has 1 N–H and O–H groups in total. The highest BCUT2D eigenvalue weighted by molar-refractivity contribution is 6.34. The first-order chi connectivity index (χ1) is 13.0. The van der Waals surface area contributed by atoms with Gasteiger partial charge in [-0.15, -0.1) is 0 Å². The maximum Gasteiger partial charge on any atom is 0.260 e. The molecule has 0 spiro atoms. The predicted octanol–water partition coefficient (Wildman–Crippen LogP) is 4.51. The van der Waals surface area contributed by atoms with Crippen LogP contribution < -0.4 is 5.32 Å². The molecule has 3 aromatic rings. The van der Waals surface area contributed by atoms with E-state index in [1.165, 1.54) is 30.3 Å². The smallest absolute Gasteiger partial charge is 0.260 e. The second-order valence-electron chi connectivity index (χ2n) is 6.01. The lowest BCUT2D eigenvalue weighted by Crippen LogP contribution is -2.21. The number of anilines is 1. The Hall–Kier alpha value is -3.31. The molecule has 0 heterocycles. The van der Waals surface area contributed by atoms with Gasteiger partial charge in [0.2, 0.25) is 0 Å². The van der Waals surface area contributed by atoms with Crippen LogP contribution in [0.4, 0.5) is 10.1 Å². The Morgan fingerprint density at radius 3 is 2.11 bits per heavy atom. The molecular weight excluding hydrogens is 369 g/mol. The van der Waals surface area contributed by atoms with Crippen LogP contribution in [0.25, 0.3) is 0 Å². The number of halogens is 2. The quantitative estimate of drug-likeness (QED) is 0.557. The van der Waals surface area contributed by atoms with E-state index >= 15 is 0 Å². The van der Waals surface area contributed by atoms with E-state index in [9.17, 15) is 18.8 Å². The number of fused-ring (bicyclic) bond motifs is 2. The number of hydrogen-bond donors (Lipinski definition) is 1. The van der Waals surface area contributed by atoms with E-state index in [1.807, 2.05) is 0 Å². The molecule has 3 aromatic carbocycles. The number of nitrogens with one attached hydrogen (secondary N) is 1. The van der Waals surface area contributed by atoms with Crippen LogP contribution in [-0.2, 0) is 0 Å². The number of benzene rings is 3. The van der Waals surface area contributed by atoms with E-state index < -0.39 is 11.7 Å². The van der Waals surface area contributed by atoms with Crippen molar-refractivity contribution < 1.29 is 18.8 Å². The largest absolute Gasteiger partial charge is 0.322 e. The number of ketones is 2. The number of hydrogen-bond acceptors (Lipinski definition) is 3. The summed E-state index contributed by atoms with van der Waals surface area (Å²) in [5, 5.41) is 2.50. The number of carbonyl (C=O) groups excluding carboxylic acids is 3. The van der Waals surface area contributed by atoms with Crippen LogP contribution in [0.2, 0.25) is 5.02 Å². The third-order valence-corrected chi connectivity index (χ3v) is 4.69. The Labute approximate surface area is 158 Å². The zero-order valence-electron chi connectivity index (χ0n) is 13.8. The van der Waals surface area contributed by atoms with Gasteiger partial charge in [-0.25, -0.2) is 4.39 Å². The van der Waals surface area contributed by atoms with Crippen LogP contribution in [0.1, 0.15) is 42.2 Å². The number of rotatable bonds is 2. The van der Waals surface area contributed by atoms with Crippen LogP contribution in [-0.4, -0.2) is 17.5 Å². The molecule has 0 aromatic heterocycles. The molecule has 4 nitrogen and oxygen atoms in total. The van der Waals surface area contributed by atoms with Crippen LogP contribution in [0.15, 0.2) is 60.7 Å². The molecule has 4 rings (SSSR count). The number of amides is 1. The Balaban J connectivity index is 1.71. The molecule has 1 aliphatic rings. The summed E-state index contributed by atoms with van der Waals surface area (Å²) in [6.07, 6.45) is 0. The normalized spacial score (nSPS) is 12.4. The minimum atomic E-state index is -0.752. The highest BCUT2D eigenvalue weighted by Gasteiger charge is 2.29. The molecule has 0 saturated heterocycles. The number of carbonyl (C=O) groups is 3. The molecule has 0 aliphatic heterocycles. The highest BCUT2D eigenvalue weighted by atomic mass is 35.5. The van der Waals surface area contributed by atoms with E-state index in [1.54, 1.807) is 24.3 Å².